The number of carbonyl (C=O) groups is 1. The van der Waals surface area contributed by atoms with Crippen molar-refractivity contribution in [1.82, 2.24) is 9.78 Å². The van der Waals surface area contributed by atoms with E-state index in [1.54, 1.807) is 12.3 Å². The average Bonchev–Trinajstić information content (AvgIpc) is 2.78. The van der Waals surface area contributed by atoms with Crippen LogP contribution in [0.1, 0.15) is 42.7 Å². The summed E-state index contributed by atoms with van der Waals surface area (Å²) in [4.78, 5) is 11.6. The van der Waals surface area contributed by atoms with Crippen molar-refractivity contribution in [2.75, 3.05) is 13.2 Å². The van der Waals surface area contributed by atoms with Gasteiger partial charge in [-0.25, -0.2) is 0 Å². The Morgan fingerprint density at radius 3 is 3.00 bits per heavy atom. The van der Waals surface area contributed by atoms with Crippen LogP contribution < -0.4 is 0 Å². The molecule has 0 aliphatic carbocycles. The molecule has 1 aliphatic heterocycles. The Kier molecular flexibility index (Phi) is 3.16. The fourth-order valence-electron chi connectivity index (χ4n) is 1.94. The Labute approximate surface area is 89.2 Å². The monoisotopic (exact) mass is 208 g/mol. The number of nitrogens with zero attached hydrogens (tertiary/aromatic N) is 2. The molecular formula is C11H16N2O2. The van der Waals surface area contributed by atoms with Gasteiger partial charge in [-0.2, -0.15) is 5.10 Å². The normalized spacial score (nSPS) is 17.9. The Balaban J connectivity index is 2.19. The van der Waals surface area contributed by atoms with Gasteiger partial charge in [-0.15, -0.1) is 0 Å². The number of hydrogen-bond donors (Lipinski definition) is 0. The lowest BCUT2D eigenvalue weighted by molar-refractivity contribution is 0.0644. The number of Topliss-reactive ketones (excluding diaryl/α,β-unsaturated/α-hetero) is 1. The van der Waals surface area contributed by atoms with Gasteiger partial charge in [0, 0.05) is 25.8 Å². The fraction of sp³-hybridized carbons (Fsp3) is 0.636. The smallest absolute Gasteiger partial charge is 0.180 e. The Bertz CT molecular complexity index is 340. The van der Waals surface area contributed by atoms with E-state index in [4.69, 9.17) is 4.74 Å². The largest absolute Gasteiger partial charge is 0.381 e. The third kappa shape index (κ3) is 2.09. The molecule has 0 amide bonds. The SMILES string of the molecule is CCC(=O)c1ccnn1C1CCOCC1. The molecule has 0 spiro atoms. The summed E-state index contributed by atoms with van der Waals surface area (Å²) >= 11 is 0. The van der Waals surface area contributed by atoms with Gasteiger partial charge < -0.3 is 4.74 Å². The average molecular weight is 208 g/mol. The highest BCUT2D eigenvalue weighted by Crippen LogP contribution is 2.22. The number of rotatable bonds is 3. The van der Waals surface area contributed by atoms with Crippen molar-refractivity contribution in [2.45, 2.75) is 32.2 Å². The van der Waals surface area contributed by atoms with Crippen LogP contribution in [-0.2, 0) is 4.74 Å². The molecule has 0 N–H and O–H groups in total. The summed E-state index contributed by atoms with van der Waals surface area (Å²) < 4.78 is 7.17. The van der Waals surface area contributed by atoms with Crippen molar-refractivity contribution in [1.29, 1.82) is 0 Å². The zero-order valence-corrected chi connectivity index (χ0v) is 8.98. The number of aromatic nitrogens is 2. The predicted octanol–water partition coefficient (Wildman–Crippen LogP) is 1.83. The summed E-state index contributed by atoms with van der Waals surface area (Å²) in [6.45, 7) is 3.41. The van der Waals surface area contributed by atoms with Crippen molar-refractivity contribution < 1.29 is 9.53 Å². The van der Waals surface area contributed by atoms with Gasteiger partial charge in [-0.3, -0.25) is 9.48 Å². The maximum Gasteiger partial charge on any atom is 0.180 e. The highest BCUT2D eigenvalue weighted by molar-refractivity contribution is 5.94. The predicted molar refractivity (Wildman–Crippen MR) is 55.9 cm³/mol. The van der Waals surface area contributed by atoms with Gasteiger partial charge in [0.1, 0.15) is 5.69 Å². The summed E-state index contributed by atoms with van der Waals surface area (Å²) in [6, 6.07) is 2.14. The van der Waals surface area contributed by atoms with Crippen LogP contribution in [0.15, 0.2) is 12.3 Å². The molecule has 0 radical (unpaired) electrons. The Hall–Kier alpha value is -1.16. The molecule has 0 unspecified atom stereocenters. The minimum Gasteiger partial charge on any atom is -0.381 e. The van der Waals surface area contributed by atoms with Crippen molar-refractivity contribution in [3.63, 3.8) is 0 Å². The second kappa shape index (κ2) is 4.57. The standard InChI is InChI=1S/C11H16N2O2/c1-2-11(14)10-3-6-12-13(10)9-4-7-15-8-5-9/h3,6,9H,2,4-5,7-8H2,1H3. The summed E-state index contributed by atoms with van der Waals surface area (Å²) in [5.41, 5.74) is 0.740. The van der Waals surface area contributed by atoms with E-state index in [1.165, 1.54) is 0 Å². The van der Waals surface area contributed by atoms with Gasteiger partial charge in [-0.1, -0.05) is 6.92 Å². The molecule has 1 aromatic rings. The number of carbonyl (C=O) groups excluding carboxylic acids is 1. The van der Waals surface area contributed by atoms with Gasteiger partial charge >= 0.3 is 0 Å². The third-order valence-electron chi connectivity index (χ3n) is 2.81. The van der Waals surface area contributed by atoms with Crippen LogP contribution in [0.25, 0.3) is 0 Å². The first kappa shape index (κ1) is 10.4. The lowest BCUT2D eigenvalue weighted by atomic mass is 10.1. The number of hydrogen-bond acceptors (Lipinski definition) is 3. The molecule has 1 aromatic heterocycles. The minimum absolute atomic E-state index is 0.166. The Morgan fingerprint density at radius 1 is 1.60 bits per heavy atom. The zero-order valence-electron chi connectivity index (χ0n) is 8.98. The highest BCUT2D eigenvalue weighted by atomic mass is 16.5. The van der Waals surface area contributed by atoms with E-state index in [0.29, 0.717) is 12.5 Å². The van der Waals surface area contributed by atoms with Gasteiger partial charge in [0.05, 0.1) is 6.04 Å². The molecule has 4 heteroatoms. The molecule has 4 nitrogen and oxygen atoms in total. The lowest BCUT2D eigenvalue weighted by Gasteiger charge is -2.23. The third-order valence-corrected chi connectivity index (χ3v) is 2.81. The van der Waals surface area contributed by atoms with E-state index in [-0.39, 0.29) is 5.78 Å². The highest BCUT2D eigenvalue weighted by Gasteiger charge is 2.20. The van der Waals surface area contributed by atoms with E-state index in [1.807, 2.05) is 11.6 Å². The molecule has 15 heavy (non-hydrogen) atoms. The Morgan fingerprint density at radius 2 is 2.33 bits per heavy atom. The topological polar surface area (TPSA) is 44.1 Å². The van der Waals surface area contributed by atoms with Gasteiger partial charge in [0.25, 0.3) is 0 Å². The molecule has 2 rings (SSSR count). The summed E-state index contributed by atoms with van der Waals surface area (Å²) in [7, 11) is 0. The first-order valence-electron chi connectivity index (χ1n) is 5.47. The summed E-state index contributed by atoms with van der Waals surface area (Å²) in [5, 5.41) is 4.25. The molecule has 0 aromatic carbocycles. The van der Waals surface area contributed by atoms with Crippen molar-refractivity contribution in [2.24, 2.45) is 0 Å². The first-order valence-corrected chi connectivity index (χ1v) is 5.47. The molecular weight excluding hydrogens is 192 g/mol. The second-order valence-corrected chi connectivity index (χ2v) is 3.78. The van der Waals surface area contributed by atoms with E-state index in [0.717, 1.165) is 31.7 Å². The van der Waals surface area contributed by atoms with E-state index in [2.05, 4.69) is 5.10 Å². The minimum atomic E-state index is 0.166. The molecule has 1 fully saturated rings. The fourth-order valence-corrected chi connectivity index (χ4v) is 1.94. The quantitative estimate of drug-likeness (QED) is 0.712. The molecule has 2 heterocycles. The summed E-state index contributed by atoms with van der Waals surface area (Å²) in [6.07, 6.45) is 4.14. The molecule has 1 aliphatic rings. The van der Waals surface area contributed by atoms with Crippen LogP contribution >= 0.6 is 0 Å². The van der Waals surface area contributed by atoms with E-state index >= 15 is 0 Å². The molecule has 0 saturated carbocycles. The zero-order chi connectivity index (χ0) is 10.7. The van der Waals surface area contributed by atoms with Crippen LogP contribution in [0, 0.1) is 0 Å². The van der Waals surface area contributed by atoms with Crippen LogP contribution in [0.4, 0.5) is 0 Å². The van der Waals surface area contributed by atoms with E-state index < -0.39 is 0 Å². The van der Waals surface area contributed by atoms with Crippen LogP contribution in [-0.4, -0.2) is 28.8 Å². The maximum absolute atomic E-state index is 11.6. The lowest BCUT2D eigenvalue weighted by Crippen LogP contribution is -2.23. The summed E-state index contributed by atoms with van der Waals surface area (Å²) in [5.74, 6) is 0.166. The number of ether oxygens (including phenoxy) is 1. The molecule has 1 saturated heterocycles. The second-order valence-electron chi connectivity index (χ2n) is 3.78. The van der Waals surface area contributed by atoms with Crippen LogP contribution in [0.5, 0.6) is 0 Å². The number of ketones is 1. The molecule has 0 atom stereocenters. The van der Waals surface area contributed by atoms with Gasteiger partial charge in [-0.05, 0) is 18.9 Å². The van der Waals surface area contributed by atoms with Gasteiger partial charge in [0.15, 0.2) is 5.78 Å². The van der Waals surface area contributed by atoms with Crippen molar-refractivity contribution in [3.8, 4) is 0 Å². The molecule has 0 bridgehead atoms. The van der Waals surface area contributed by atoms with Crippen LogP contribution in [0.2, 0.25) is 0 Å². The van der Waals surface area contributed by atoms with E-state index in [9.17, 15) is 4.79 Å². The van der Waals surface area contributed by atoms with Gasteiger partial charge in [0.2, 0.25) is 0 Å². The first-order chi connectivity index (χ1) is 7.33. The molecule has 82 valence electrons. The van der Waals surface area contributed by atoms with Crippen molar-refractivity contribution in [3.05, 3.63) is 18.0 Å². The van der Waals surface area contributed by atoms with Crippen molar-refractivity contribution >= 4 is 5.78 Å². The van der Waals surface area contributed by atoms with Crippen LogP contribution in [0.3, 0.4) is 0 Å². The maximum atomic E-state index is 11.6.